The number of pyridine rings is 1. The fourth-order valence-corrected chi connectivity index (χ4v) is 1.31. The van der Waals surface area contributed by atoms with Crippen LogP contribution in [0.5, 0.6) is 0 Å². The maximum atomic E-state index is 11.6. The summed E-state index contributed by atoms with van der Waals surface area (Å²) in [7, 11) is 0. The van der Waals surface area contributed by atoms with E-state index in [4.69, 9.17) is 16.3 Å². The van der Waals surface area contributed by atoms with Crippen LogP contribution in [0.4, 0.5) is 10.5 Å². The first-order valence-electron chi connectivity index (χ1n) is 5.50. The number of nitrogens with zero attached hydrogens (tertiary/aromatic N) is 1. The number of amides is 1. The Morgan fingerprint density at radius 1 is 1.42 bits per heavy atom. The summed E-state index contributed by atoms with van der Waals surface area (Å²) in [6.45, 7) is 5.21. The van der Waals surface area contributed by atoms with Crippen LogP contribution in [0.1, 0.15) is 31.1 Å². The van der Waals surface area contributed by atoms with Crippen molar-refractivity contribution < 1.29 is 19.1 Å². The maximum absolute atomic E-state index is 11.6. The first-order valence-corrected chi connectivity index (χ1v) is 6.04. The molecule has 0 aromatic carbocycles. The van der Waals surface area contributed by atoms with E-state index < -0.39 is 17.7 Å². The van der Waals surface area contributed by atoms with Gasteiger partial charge in [-0.15, -0.1) is 0 Å². The quantitative estimate of drug-likeness (QED) is 0.683. The molecule has 0 fully saturated rings. The Bertz CT molecular complexity index is 471. The zero-order valence-corrected chi connectivity index (χ0v) is 11.7. The smallest absolute Gasteiger partial charge is 0.412 e. The average Bonchev–Trinajstić information content (AvgIpc) is 2.27. The van der Waals surface area contributed by atoms with E-state index in [0.717, 1.165) is 0 Å². The Kier molecular flexibility index (Phi) is 5.11. The van der Waals surface area contributed by atoms with Crippen molar-refractivity contribution >= 4 is 29.4 Å². The van der Waals surface area contributed by atoms with E-state index in [1.54, 1.807) is 20.8 Å². The Morgan fingerprint density at radius 3 is 2.68 bits per heavy atom. The Morgan fingerprint density at radius 2 is 2.11 bits per heavy atom. The van der Waals surface area contributed by atoms with Crippen molar-refractivity contribution in [3.63, 3.8) is 0 Å². The molecular weight excluding hydrogens is 272 g/mol. The molecule has 0 spiro atoms. The Labute approximate surface area is 116 Å². The molecule has 0 bridgehead atoms. The molecule has 104 valence electrons. The second-order valence-corrected chi connectivity index (χ2v) is 4.81. The fraction of sp³-hybridized carbons (Fsp3) is 0.417. The van der Waals surface area contributed by atoms with Gasteiger partial charge in [0.15, 0.2) is 6.07 Å². The number of nitrogens with one attached hydrogen (secondary N) is 1. The molecule has 7 heteroatoms. The van der Waals surface area contributed by atoms with E-state index >= 15 is 0 Å². The summed E-state index contributed by atoms with van der Waals surface area (Å²) in [4.78, 5) is 27.0. The molecule has 0 saturated heterocycles. The number of carbonyl (C=O) groups is 2. The topological polar surface area (TPSA) is 77.5 Å². The number of esters is 1. The van der Waals surface area contributed by atoms with E-state index in [-0.39, 0.29) is 17.3 Å². The van der Waals surface area contributed by atoms with Gasteiger partial charge < -0.3 is 9.47 Å². The highest BCUT2D eigenvalue weighted by atomic mass is 35.5. The number of rotatable bonds is 3. The molecule has 1 N–H and O–H groups in total. The highest BCUT2D eigenvalue weighted by molar-refractivity contribution is 6.18. The van der Waals surface area contributed by atoms with E-state index in [2.05, 4.69) is 15.0 Å². The van der Waals surface area contributed by atoms with E-state index in [0.29, 0.717) is 0 Å². The number of hydrogen-bond donors (Lipinski definition) is 1. The van der Waals surface area contributed by atoms with Gasteiger partial charge in [-0.1, -0.05) is 11.6 Å². The summed E-state index contributed by atoms with van der Waals surface area (Å²) in [5, 5.41) is 2.46. The maximum Gasteiger partial charge on any atom is 0.412 e. The van der Waals surface area contributed by atoms with Gasteiger partial charge in [-0.25, -0.2) is 9.59 Å². The van der Waals surface area contributed by atoms with Crippen LogP contribution in [-0.2, 0) is 9.47 Å². The summed E-state index contributed by atoms with van der Waals surface area (Å²) in [6, 6.07) is 1.19. The van der Waals surface area contributed by atoms with Gasteiger partial charge in [0, 0.05) is 12.4 Å². The highest BCUT2D eigenvalue weighted by Gasteiger charge is 2.19. The number of halogens is 1. The highest BCUT2D eigenvalue weighted by Crippen LogP contribution is 2.17. The SMILES string of the molecule is CC(C)(C)OC(=O)Nc1ccncc1C(=O)OCCl. The molecule has 1 amide bonds. The lowest BCUT2D eigenvalue weighted by Crippen LogP contribution is -2.27. The standard InChI is InChI=1S/C12H15ClN2O4/c1-12(2,3)19-11(17)15-9-4-5-14-6-8(9)10(16)18-7-13/h4-6H,7H2,1-3H3,(H,14,15,17). The second kappa shape index (κ2) is 6.38. The van der Waals surface area contributed by atoms with Gasteiger partial charge in [0.25, 0.3) is 0 Å². The third-order valence-electron chi connectivity index (χ3n) is 1.86. The molecule has 0 saturated carbocycles. The van der Waals surface area contributed by atoms with Crippen molar-refractivity contribution in [3.05, 3.63) is 24.0 Å². The summed E-state index contributed by atoms with van der Waals surface area (Å²) >= 11 is 5.32. The number of ether oxygens (including phenoxy) is 2. The van der Waals surface area contributed by atoms with Gasteiger partial charge >= 0.3 is 12.1 Å². The zero-order valence-electron chi connectivity index (χ0n) is 10.9. The minimum absolute atomic E-state index is 0.106. The van der Waals surface area contributed by atoms with Crippen LogP contribution in [-0.4, -0.2) is 28.7 Å². The van der Waals surface area contributed by atoms with Crippen molar-refractivity contribution in [2.45, 2.75) is 26.4 Å². The van der Waals surface area contributed by atoms with Crippen LogP contribution < -0.4 is 5.32 Å². The first-order chi connectivity index (χ1) is 8.83. The normalized spacial score (nSPS) is 10.7. The van der Waals surface area contributed by atoms with Crippen molar-refractivity contribution in [1.29, 1.82) is 0 Å². The minimum Gasteiger partial charge on any atom is -0.446 e. The molecule has 1 aromatic heterocycles. The average molecular weight is 287 g/mol. The number of carbonyl (C=O) groups excluding carboxylic acids is 2. The lowest BCUT2D eigenvalue weighted by Gasteiger charge is -2.20. The van der Waals surface area contributed by atoms with Gasteiger partial charge in [-0.2, -0.15) is 0 Å². The van der Waals surface area contributed by atoms with Gasteiger partial charge in [-0.05, 0) is 26.8 Å². The molecule has 0 aliphatic rings. The molecule has 1 rings (SSSR count). The molecule has 1 aromatic rings. The van der Waals surface area contributed by atoms with Gasteiger partial charge in [0.1, 0.15) is 11.2 Å². The summed E-state index contributed by atoms with van der Waals surface area (Å²) in [5.74, 6) is -0.672. The third-order valence-corrected chi connectivity index (χ3v) is 1.97. The van der Waals surface area contributed by atoms with Crippen LogP contribution in [0.2, 0.25) is 0 Å². The largest absolute Gasteiger partial charge is 0.446 e. The van der Waals surface area contributed by atoms with Gasteiger partial charge in [0.2, 0.25) is 0 Å². The molecule has 0 aliphatic carbocycles. The number of alkyl halides is 1. The van der Waals surface area contributed by atoms with E-state index in [1.807, 2.05) is 0 Å². The summed E-state index contributed by atoms with van der Waals surface area (Å²) in [6.07, 6.45) is 2.05. The van der Waals surface area contributed by atoms with Crippen LogP contribution in [0.15, 0.2) is 18.5 Å². The number of aromatic nitrogens is 1. The molecule has 0 atom stereocenters. The summed E-state index contributed by atoms with van der Waals surface area (Å²) in [5.41, 5.74) is -0.276. The zero-order chi connectivity index (χ0) is 14.5. The number of hydrogen-bond acceptors (Lipinski definition) is 5. The second-order valence-electron chi connectivity index (χ2n) is 4.59. The summed E-state index contributed by atoms with van der Waals surface area (Å²) < 4.78 is 9.73. The van der Waals surface area contributed by atoms with Gasteiger partial charge in [-0.3, -0.25) is 10.3 Å². The first kappa shape index (κ1) is 15.2. The van der Waals surface area contributed by atoms with Gasteiger partial charge in [0.05, 0.1) is 5.69 Å². The van der Waals surface area contributed by atoms with Crippen LogP contribution in [0.25, 0.3) is 0 Å². The van der Waals surface area contributed by atoms with Crippen LogP contribution in [0, 0.1) is 0 Å². The predicted octanol–water partition coefficient (Wildman–Crippen LogP) is 2.78. The molecule has 0 radical (unpaired) electrons. The van der Waals surface area contributed by atoms with Crippen molar-refractivity contribution in [3.8, 4) is 0 Å². The predicted molar refractivity (Wildman–Crippen MR) is 70.2 cm³/mol. The molecular formula is C12H15ClN2O4. The molecule has 1 heterocycles. The van der Waals surface area contributed by atoms with Crippen LogP contribution >= 0.6 is 11.6 Å². The lowest BCUT2D eigenvalue weighted by atomic mass is 10.2. The lowest BCUT2D eigenvalue weighted by molar-refractivity contribution is 0.0575. The molecule has 0 unspecified atom stereocenters. The Balaban J connectivity index is 2.84. The molecule has 0 aliphatic heterocycles. The van der Waals surface area contributed by atoms with E-state index in [1.165, 1.54) is 18.5 Å². The van der Waals surface area contributed by atoms with Crippen LogP contribution in [0.3, 0.4) is 0 Å². The number of anilines is 1. The molecule has 19 heavy (non-hydrogen) atoms. The monoisotopic (exact) mass is 286 g/mol. The van der Waals surface area contributed by atoms with Crippen molar-refractivity contribution in [2.75, 3.05) is 11.4 Å². The third kappa shape index (κ3) is 5.13. The molecule has 6 nitrogen and oxygen atoms in total. The van der Waals surface area contributed by atoms with E-state index in [9.17, 15) is 9.59 Å². The minimum atomic E-state index is -0.672. The fourth-order valence-electron chi connectivity index (χ4n) is 1.21. The van der Waals surface area contributed by atoms with Crippen molar-refractivity contribution in [1.82, 2.24) is 4.98 Å². The Hall–Kier alpha value is -1.82. The van der Waals surface area contributed by atoms with Crippen molar-refractivity contribution in [2.24, 2.45) is 0 Å².